The molecule has 2 aliphatic heterocycles. The van der Waals surface area contributed by atoms with E-state index in [1.54, 1.807) is 16.9 Å². The Labute approximate surface area is 181 Å². The number of carbonyl (C=O) groups is 2. The second kappa shape index (κ2) is 6.87. The number of methoxy groups -OCH3 is 1. The molecule has 0 radical (unpaired) electrons. The van der Waals surface area contributed by atoms with Gasteiger partial charge in [-0.15, -0.1) is 0 Å². The van der Waals surface area contributed by atoms with Crippen LogP contribution in [0, 0.1) is 0 Å². The summed E-state index contributed by atoms with van der Waals surface area (Å²) in [5.74, 6) is 0.623. The number of fused-ring (bicyclic) bond motifs is 5. The second-order valence-corrected chi connectivity index (χ2v) is 8.86. The van der Waals surface area contributed by atoms with Crippen molar-refractivity contribution in [3.05, 3.63) is 65.4 Å². The van der Waals surface area contributed by atoms with Crippen LogP contribution in [0.5, 0.6) is 5.75 Å². The molecule has 3 aromatic rings. The molecule has 1 N–H and O–H groups in total. The number of H-pyrrole nitrogens is 1. The van der Waals surface area contributed by atoms with E-state index < -0.39 is 5.54 Å². The maximum absolute atomic E-state index is 13.8. The van der Waals surface area contributed by atoms with Gasteiger partial charge in [-0.25, -0.2) is 0 Å². The molecule has 1 saturated heterocycles. The lowest BCUT2D eigenvalue weighted by molar-refractivity contribution is -0.168. The summed E-state index contributed by atoms with van der Waals surface area (Å²) >= 11 is 0. The number of piperazine rings is 1. The largest absolute Gasteiger partial charge is 0.496 e. The molecule has 0 aliphatic carbocycles. The highest BCUT2D eigenvalue weighted by molar-refractivity contribution is 6.01. The minimum absolute atomic E-state index is 0.0278. The van der Waals surface area contributed by atoms with Crippen LogP contribution in [0.15, 0.2) is 48.5 Å². The first-order valence-corrected chi connectivity index (χ1v) is 10.7. The van der Waals surface area contributed by atoms with Gasteiger partial charge in [-0.05, 0) is 38.5 Å². The molecule has 2 atom stereocenters. The molecule has 5 rings (SSSR count). The zero-order chi connectivity index (χ0) is 21.9. The van der Waals surface area contributed by atoms with Crippen molar-refractivity contribution in [2.45, 2.75) is 38.3 Å². The molecule has 0 saturated carbocycles. The smallest absolute Gasteiger partial charge is 0.255 e. The number of benzene rings is 2. The van der Waals surface area contributed by atoms with Gasteiger partial charge in [-0.3, -0.25) is 9.59 Å². The zero-order valence-corrected chi connectivity index (χ0v) is 18.3. The molecular formula is C25H27N3O3. The summed E-state index contributed by atoms with van der Waals surface area (Å²) < 4.78 is 5.67. The van der Waals surface area contributed by atoms with Crippen molar-refractivity contribution in [2.24, 2.45) is 0 Å². The van der Waals surface area contributed by atoms with Crippen molar-refractivity contribution in [3.63, 3.8) is 0 Å². The molecule has 6 heteroatoms. The lowest BCUT2D eigenvalue weighted by Gasteiger charge is -2.52. The Bertz CT molecular complexity index is 1200. The Kier molecular flexibility index (Phi) is 4.36. The van der Waals surface area contributed by atoms with Crippen LogP contribution < -0.4 is 4.74 Å². The first kappa shape index (κ1) is 19.7. The predicted molar refractivity (Wildman–Crippen MR) is 119 cm³/mol. The van der Waals surface area contributed by atoms with Gasteiger partial charge in [-0.2, -0.15) is 0 Å². The quantitative estimate of drug-likeness (QED) is 0.708. The number of hydrogen-bond donors (Lipinski definition) is 1. The van der Waals surface area contributed by atoms with E-state index in [9.17, 15) is 9.59 Å². The van der Waals surface area contributed by atoms with E-state index in [4.69, 9.17) is 4.74 Å². The van der Waals surface area contributed by atoms with Crippen LogP contribution in [-0.4, -0.2) is 52.8 Å². The molecule has 1 fully saturated rings. The number of aromatic amines is 1. The SMILES string of the molecule is COc1ccccc1[C@@H]1CN2C(=O)CN(C(C)C)C(=O)[C@]2(C)c2[nH]c3ccccc3c21. The number of hydrogen-bond acceptors (Lipinski definition) is 3. The van der Waals surface area contributed by atoms with Crippen LogP contribution in [0.25, 0.3) is 10.9 Å². The van der Waals surface area contributed by atoms with Gasteiger partial charge in [0.2, 0.25) is 5.91 Å². The number of nitrogens with zero attached hydrogens (tertiary/aromatic N) is 2. The Balaban J connectivity index is 1.80. The van der Waals surface area contributed by atoms with E-state index in [1.165, 1.54) is 0 Å². The lowest BCUT2D eigenvalue weighted by atomic mass is 9.76. The average molecular weight is 418 g/mol. The van der Waals surface area contributed by atoms with Crippen LogP contribution in [0.2, 0.25) is 0 Å². The fourth-order valence-electron chi connectivity index (χ4n) is 5.28. The summed E-state index contributed by atoms with van der Waals surface area (Å²) in [6.07, 6.45) is 0. The van der Waals surface area contributed by atoms with Gasteiger partial charge in [0.1, 0.15) is 12.3 Å². The van der Waals surface area contributed by atoms with E-state index in [1.807, 2.05) is 63.2 Å². The van der Waals surface area contributed by atoms with Gasteiger partial charge in [-0.1, -0.05) is 36.4 Å². The molecular weight excluding hydrogens is 390 g/mol. The van der Waals surface area contributed by atoms with Gasteiger partial charge in [0, 0.05) is 35.0 Å². The topological polar surface area (TPSA) is 65.6 Å². The van der Waals surface area contributed by atoms with E-state index in [2.05, 4.69) is 11.1 Å². The van der Waals surface area contributed by atoms with E-state index in [-0.39, 0.29) is 30.3 Å². The number of amides is 2. The van der Waals surface area contributed by atoms with Gasteiger partial charge in [0.05, 0.1) is 12.8 Å². The van der Waals surface area contributed by atoms with Gasteiger partial charge in [0.15, 0.2) is 5.54 Å². The molecule has 0 bridgehead atoms. The molecule has 160 valence electrons. The first-order chi connectivity index (χ1) is 14.9. The number of aromatic nitrogens is 1. The molecule has 2 amide bonds. The third-order valence-electron chi connectivity index (χ3n) is 6.91. The standard InChI is InChI=1S/C25H27N3O3/c1-15(2)27-14-21(29)28-13-18(16-9-6-8-12-20(16)31-4)22-17-10-5-7-11-19(17)26-23(22)25(28,3)24(27)30/h5-12,15,18,26H,13-14H2,1-4H3/t18-,25-/m0/s1. The molecule has 0 unspecified atom stereocenters. The normalized spacial score (nSPS) is 23.3. The Morgan fingerprint density at radius 1 is 1.10 bits per heavy atom. The van der Waals surface area contributed by atoms with Crippen molar-refractivity contribution in [1.29, 1.82) is 0 Å². The maximum atomic E-state index is 13.8. The van der Waals surface area contributed by atoms with Crippen molar-refractivity contribution >= 4 is 22.7 Å². The number of ether oxygens (including phenoxy) is 1. The monoisotopic (exact) mass is 417 g/mol. The second-order valence-electron chi connectivity index (χ2n) is 8.86. The molecule has 1 aromatic heterocycles. The number of rotatable bonds is 3. The zero-order valence-electron chi connectivity index (χ0n) is 18.3. The summed E-state index contributed by atoms with van der Waals surface area (Å²) in [6, 6.07) is 16.0. The van der Waals surface area contributed by atoms with Crippen molar-refractivity contribution in [3.8, 4) is 5.75 Å². The highest BCUT2D eigenvalue weighted by Crippen LogP contribution is 2.49. The van der Waals surface area contributed by atoms with Crippen molar-refractivity contribution < 1.29 is 14.3 Å². The van der Waals surface area contributed by atoms with Gasteiger partial charge < -0.3 is 19.5 Å². The Hall–Kier alpha value is -3.28. The van der Waals surface area contributed by atoms with Crippen LogP contribution in [0.1, 0.15) is 43.5 Å². The summed E-state index contributed by atoms with van der Waals surface area (Å²) in [7, 11) is 1.66. The van der Waals surface area contributed by atoms with Crippen molar-refractivity contribution in [1.82, 2.24) is 14.8 Å². The highest BCUT2D eigenvalue weighted by atomic mass is 16.5. The van der Waals surface area contributed by atoms with Crippen LogP contribution in [0.3, 0.4) is 0 Å². The summed E-state index contributed by atoms with van der Waals surface area (Å²) in [4.78, 5) is 34.1. The van der Waals surface area contributed by atoms with E-state index in [0.717, 1.165) is 33.5 Å². The lowest BCUT2D eigenvalue weighted by Crippen LogP contribution is -2.68. The van der Waals surface area contributed by atoms with Crippen LogP contribution >= 0.6 is 0 Å². The molecule has 2 aliphatic rings. The average Bonchev–Trinajstić information content (AvgIpc) is 3.17. The first-order valence-electron chi connectivity index (χ1n) is 10.7. The molecule has 0 spiro atoms. The third kappa shape index (κ3) is 2.63. The molecule has 6 nitrogen and oxygen atoms in total. The van der Waals surface area contributed by atoms with Crippen LogP contribution in [-0.2, 0) is 15.1 Å². The predicted octanol–water partition coefficient (Wildman–Crippen LogP) is 3.62. The van der Waals surface area contributed by atoms with Crippen LogP contribution in [0.4, 0.5) is 0 Å². The van der Waals surface area contributed by atoms with E-state index in [0.29, 0.717) is 6.54 Å². The molecule has 3 heterocycles. The van der Waals surface area contributed by atoms with Gasteiger partial charge >= 0.3 is 0 Å². The Morgan fingerprint density at radius 2 is 1.81 bits per heavy atom. The third-order valence-corrected chi connectivity index (χ3v) is 6.91. The fourth-order valence-corrected chi connectivity index (χ4v) is 5.28. The van der Waals surface area contributed by atoms with Crippen molar-refractivity contribution in [2.75, 3.05) is 20.2 Å². The molecule has 2 aromatic carbocycles. The summed E-state index contributed by atoms with van der Waals surface area (Å²) in [6.45, 7) is 6.34. The summed E-state index contributed by atoms with van der Waals surface area (Å²) in [5, 5.41) is 1.08. The maximum Gasteiger partial charge on any atom is 0.255 e. The fraction of sp³-hybridized carbons (Fsp3) is 0.360. The number of nitrogens with one attached hydrogen (secondary N) is 1. The Morgan fingerprint density at radius 3 is 2.55 bits per heavy atom. The number of para-hydroxylation sites is 2. The minimum atomic E-state index is -1.06. The van der Waals surface area contributed by atoms with Gasteiger partial charge in [0.25, 0.3) is 5.91 Å². The molecule has 31 heavy (non-hydrogen) atoms. The van der Waals surface area contributed by atoms with E-state index >= 15 is 0 Å². The highest BCUT2D eigenvalue weighted by Gasteiger charge is 2.56. The summed E-state index contributed by atoms with van der Waals surface area (Å²) in [5.41, 5.74) is 2.80. The number of carbonyl (C=O) groups excluding carboxylic acids is 2. The minimum Gasteiger partial charge on any atom is -0.496 e.